The van der Waals surface area contributed by atoms with Crippen molar-refractivity contribution in [3.05, 3.63) is 35.5 Å². The van der Waals surface area contributed by atoms with Crippen LogP contribution in [0.25, 0.3) is 10.9 Å². The average molecular weight is 988 g/mol. The molecule has 4 saturated heterocycles. The number of esters is 1. The number of methoxy groups -OCH3 is 1. The first-order chi connectivity index (χ1) is 32.8. The highest BCUT2D eigenvalue weighted by atomic mass is 16.8. The Morgan fingerprint density at radius 3 is 2.40 bits per heavy atom. The van der Waals surface area contributed by atoms with Crippen molar-refractivity contribution in [1.29, 1.82) is 0 Å². The molecule has 19 nitrogen and oxygen atoms in total. The topological polar surface area (TPSA) is 221 Å². The lowest BCUT2D eigenvalue weighted by Crippen LogP contribution is -2.61. The van der Waals surface area contributed by atoms with Crippen LogP contribution in [0, 0.1) is 24.7 Å². The summed E-state index contributed by atoms with van der Waals surface area (Å²) < 4.78 is 56.7. The molecule has 4 N–H and O–H groups in total. The van der Waals surface area contributed by atoms with Crippen LogP contribution >= 0.6 is 0 Å². The number of aliphatic hydroxyl groups is 2. The second-order valence-corrected chi connectivity index (χ2v) is 21.4. The fraction of sp³-hybridized carbons (Fsp3) is 0.765. The predicted octanol–water partition coefficient (Wildman–Crippen LogP) is 5.84. The van der Waals surface area contributed by atoms with Gasteiger partial charge in [0.15, 0.2) is 30.4 Å². The molecule has 5 heterocycles. The summed E-state index contributed by atoms with van der Waals surface area (Å²) >= 11 is 0. The molecule has 0 bridgehead atoms. The first-order valence-electron chi connectivity index (χ1n) is 24.9. The van der Waals surface area contributed by atoms with Crippen molar-refractivity contribution in [2.45, 2.75) is 199 Å². The number of benzene rings is 1. The van der Waals surface area contributed by atoms with Crippen molar-refractivity contribution in [2.75, 3.05) is 34.8 Å². The van der Waals surface area contributed by atoms with E-state index in [4.69, 9.17) is 42.6 Å². The predicted molar refractivity (Wildman–Crippen MR) is 260 cm³/mol. The smallest absolute Gasteiger partial charge is 0.458 e. The number of aliphatic hydroxyl groups excluding tert-OH is 1. The summed E-state index contributed by atoms with van der Waals surface area (Å²) in [5.74, 6) is -2.70. The Kier molecular flexibility index (Phi) is 17.8. The number of hydrogen-bond donors (Lipinski definition) is 4. The highest BCUT2D eigenvalue weighted by Gasteiger charge is 2.58. The molecule has 1 aromatic heterocycles. The molecule has 19 heteroatoms. The van der Waals surface area contributed by atoms with E-state index in [-0.39, 0.29) is 43.4 Å². The molecule has 1 aromatic carbocycles. The Bertz CT molecular complexity index is 2140. The molecule has 6 rings (SSSR count). The minimum atomic E-state index is -1.61. The van der Waals surface area contributed by atoms with Gasteiger partial charge in [0.05, 0.1) is 35.9 Å². The maximum atomic E-state index is 14.8. The molecule has 70 heavy (non-hydrogen) atoms. The van der Waals surface area contributed by atoms with Gasteiger partial charge in [0.1, 0.15) is 17.8 Å². The highest BCUT2D eigenvalue weighted by Crippen LogP contribution is 2.42. The molecule has 1 unspecified atom stereocenters. The molecule has 4 fully saturated rings. The zero-order valence-electron chi connectivity index (χ0n) is 43.9. The van der Waals surface area contributed by atoms with E-state index in [2.05, 4.69) is 15.5 Å². The summed E-state index contributed by atoms with van der Waals surface area (Å²) in [4.78, 5) is 48.3. The summed E-state index contributed by atoms with van der Waals surface area (Å²) in [6, 6.07) is 7.29. The SMILES string of the molecule is CC[C@H]1OC(=O)[C@H](C)[C@@H](O[C@H]2C[C@@](C)(OC)C(OC(=O)N/N=C\Cc3c(C)[nH]c4ccccc34)[C@H](C)O2)[C@H](C)[C@@H](O[C@@H]2O[C@H](C)C[C@H](N(C)C)[C@H]2O)[C@](C)(O)C[C@@H](C)CN(C)[C@H](C)[C@H]2OC(=O)O[C@@]21C. The molecule has 1 amide bonds. The number of fused-ring (bicyclic) bond motifs is 2. The summed E-state index contributed by atoms with van der Waals surface area (Å²) in [5.41, 5.74) is 1.44. The van der Waals surface area contributed by atoms with Crippen LogP contribution in [0.5, 0.6) is 0 Å². The molecule has 4 aliphatic heterocycles. The maximum absolute atomic E-state index is 14.8. The van der Waals surface area contributed by atoms with Crippen molar-refractivity contribution >= 4 is 35.3 Å². The summed E-state index contributed by atoms with van der Waals surface area (Å²) in [6.07, 6.45) is -7.71. The van der Waals surface area contributed by atoms with Crippen LogP contribution in [-0.2, 0) is 53.8 Å². The third kappa shape index (κ3) is 11.9. The van der Waals surface area contributed by atoms with Crippen LogP contribution < -0.4 is 5.43 Å². The fourth-order valence-electron chi connectivity index (χ4n) is 11.5. The number of ether oxygens (including phenoxy) is 9. The van der Waals surface area contributed by atoms with E-state index >= 15 is 0 Å². The van der Waals surface area contributed by atoms with Crippen molar-refractivity contribution in [3.63, 3.8) is 0 Å². The summed E-state index contributed by atoms with van der Waals surface area (Å²) in [6.45, 7) is 20.6. The molecule has 0 radical (unpaired) electrons. The number of carbonyl (C=O) groups is 3. The molecule has 0 spiro atoms. The summed E-state index contributed by atoms with van der Waals surface area (Å²) in [7, 11) is 7.19. The lowest BCUT2D eigenvalue weighted by atomic mass is 9.77. The third-order valence-electron chi connectivity index (χ3n) is 15.4. The van der Waals surface area contributed by atoms with Gasteiger partial charge < -0.3 is 62.7 Å². The Labute approximate surface area is 413 Å². The Balaban J connectivity index is 1.30. The zero-order valence-corrected chi connectivity index (χ0v) is 43.9. The van der Waals surface area contributed by atoms with Crippen LogP contribution in [0.1, 0.15) is 106 Å². The Hall–Kier alpha value is -3.92. The fourth-order valence-corrected chi connectivity index (χ4v) is 11.5. The second-order valence-electron chi connectivity index (χ2n) is 21.4. The van der Waals surface area contributed by atoms with Gasteiger partial charge in [-0.05, 0) is 113 Å². The van der Waals surface area contributed by atoms with Gasteiger partial charge in [-0.3, -0.25) is 9.69 Å². The van der Waals surface area contributed by atoms with Crippen LogP contribution in [0.3, 0.4) is 0 Å². The largest absolute Gasteiger partial charge is 0.509 e. The molecule has 18 atom stereocenters. The Morgan fingerprint density at radius 2 is 1.73 bits per heavy atom. The number of aromatic nitrogens is 1. The van der Waals surface area contributed by atoms with E-state index in [9.17, 15) is 24.6 Å². The van der Waals surface area contributed by atoms with E-state index in [0.29, 0.717) is 19.4 Å². The first kappa shape index (κ1) is 55.4. The van der Waals surface area contributed by atoms with Crippen LogP contribution in [0.2, 0.25) is 0 Å². The van der Waals surface area contributed by atoms with Gasteiger partial charge in [0, 0.05) is 67.3 Å². The normalized spacial score (nSPS) is 40.5. The molecular formula is C51H81N5O14. The van der Waals surface area contributed by atoms with Gasteiger partial charge in [-0.1, -0.05) is 39.0 Å². The highest BCUT2D eigenvalue weighted by molar-refractivity contribution is 5.87. The molecule has 4 aliphatic rings. The van der Waals surface area contributed by atoms with Gasteiger partial charge in [0.25, 0.3) is 0 Å². The molecule has 394 valence electrons. The minimum Gasteiger partial charge on any atom is -0.458 e. The number of likely N-dealkylation sites (N-methyl/N-ethyl adjacent to an activating group) is 2. The van der Waals surface area contributed by atoms with E-state index in [1.807, 2.05) is 96.8 Å². The number of nitrogens with one attached hydrogen (secondary N) is 2. The van der Waals surface area contributed by atoms with Gasteiger partial charge >= 0.3 is 18.2 Å². The standard InChI is InChI=1S/C51H81N5O14/c1-16-38-51(11)43(69-48(60)70-51)32(7)56(14)26-27(2)24-49(9,61)42(67-46-40(57)37(55(12)13)23-28(3)63-46)29(4)41(30(5)45(58)65-38)66-39-25-50(10,62-15)44(33(8)64-39)68-47(59)54-52-22-21-34-31(6)53-36-20-18-17-19-35(34)36/h17-20,22,27-30,32-33,37-44,46,53,57,61H,16,21,23-26H2,1-15H3,(H,54,59)/b52-22-/t27-,28-,29+,30-,32-,33+,37+,38-,39+,40-,41+,42-,43-,44?,46+,49-,50-,51-/m1/s1. The number of para-hydroxylation sites is 1. The number of nitrogens with zero attached hydrogens (tertiary/aromatic N) is 3. The second kappa shape index (κ2) is 22.5. The molecule has 0 aliphatic carbocycles. The van der Waals surface area contributed by atoms with Crippen LogP contribution in [0.4, 0.5) is 9.59 Å². The number of aromatic amines is 1. The molecule has 2 aromatic rings. The number of carbonyl (C=O) groups excluding carboxylic acids is 3. The lowest BCUT2D eigenvalue weighted by Gasteiger charge is -2.49. The zero-order chi connectivity index (χ0) is 51.6. The number of hydrazone groups is 1. The number of amides is 1. The number of H-pyrrole nitrogens is 1. The van der Waals surface area contributed by atoms with Gasteiger partial charge in [-0.2, -0.15) is 5.10 Å². The van der Waals surface area contributed by atoms with Crippen LogP contribution in [0.15, 0.2) is 29.4 Å². The Morgan fingerprint density at radius 1 is 1.03 bits per heavy atom. The number of hydrogen-bond acceptors (Lipinski definition) is 17. The molecule has 0 saturated carbocycles. The third-order valence-corrected chi connectivity index (χ3v) is 15.4. The first-order valence-corrected chi connectivity index (χ1v) is 24.9. The van der Waals surface area contributed by atoms with E-state index in [1.54, 1.807) is 40.8 Å². The maximum Gasteiger partial charge on any atom is 0.509 e. The minimum absolute atomic E-state index is 0.0418. The van der Waals surface area contributed by atoms with Crippen molar-refractivity contribution in [1.82, 2.24) is 20.2 Å². The van der Waals surface area contributed by atoms with Crippen molar-refractivity contribution < 1.29 is 67.2 Å². The van der Waals surface area contributed by atoms with Crippen LogP contribution in [-0.4, -0.2) is 175 Å². The van der Waals surface area contributed by atoms with Crippen molar-refractivity contribution in [2.24, 2.45) is 22.9 Å². The van der Waals surface area contributed by atoms with E-state index in [1.165, 1.54) is 7.11 Å². The number of cyclic esters (lactones) is 1. The van der Waals surface area contributed by atoms with Gasteiger partial charge in [-0.15, -0.1) is 0 Å². The monoisotopic (exact) mass is 988 g/mol. The quantitative estimate of drug-likeness (QED) is 0.0900. The summed E-state index contributed by atoms with van der Waals surface area (Å²) in [5, 5.41) is 29.8. The van der Waals surface area contributed by atoms with Gasteiger partial charge in [0.2, 0.25) is 0 Å². The lowest BCUT2D eigenvalue weighted by molar-refractivity contribution is -0.317. The van der Waals surface area contributed by atoms with E-state index < -0.39 is 102 Å². The average Bonchev–Trinajstić information content (AvgIpc) is 3.79. The van der Waals surface area contributed by atoms with Gasteiger partial charge in [-0.25, -0.2) is 15.0 Å². The number of rotatable bonds is 11. The van der Waals surface area contributed by atoms with E-state index in [0.717, 1.165) is 22.2 Å². The number of aryl methyl sites for hydroxylation is 1. The molecular weight excluding hydrogens is 907 g/mol. The van der Waals surface area contributed by atoms with Crippen molar-refractivity contribution in [3.8, 4) is 0 Å².